The molecule has 258 valence electrons. The number of para-hydroxylation sites is 2. The first-order valence-electron chi connectivity index (χ1n) is 16.2. The van der Waals surface area contributed by atoms with Crippen molar-refractivity contribution < 1.29 is 28.5 Å². The van der Waals surface area contributed by atoms with Gasteiger partial charge in [0.25, 0.3) is 11.8 Å². The van der Waals surface area contributed by atoms with E-state index in [4.69, 9.17) is 28.9 Å². The molecule has 0 aliphatic rings. The van der Waals surface area contributed by atoms with E-state index in [1.54, 1.807) is 70.9 Å². The van der Waals surface area contributed by atoms with Gasteiger partial charge in [-0.2, -0.15) is 0 Å². The number of fused-ring (bicyclic) bond motifs is 2. The van der Waals surface area contributed by atoms with Crippen molar-refractivity contribution in [2.75, 3.05) is 39.1 Å². The fraction of sp³-hybridized carbons (Fsp3) is 0.0976. The highest BCUT2D eigenvalue weighted by atomic mass is 16.5. The molecule has 2 N–H and O–H groups in total. The Morgan fingerprint density at radius 1 is 0.481 bits per heavy atom. The molecule has 0 bridgehead atoms. The van der Waals surface area contributed by atoms with Crippen LogP contribution in [0.25, 0.3) is 44.3 Å². The van der Waals surface area contributed by atoms with Crippen LogP contribution in [0, 0.1) is 0 Å². The molecule has 0 radical (unpaired) electrons. The highest BCUT2D eigenvalue weighted by Gasteiger charge is 2.20. The summed E-state index contributed by atoms with van der Waals surface area (Å²) in [4.78, 5) is 42.0. The molecule has 7 aromatic rings. The Hall–Kier alpha value is -7.01. The first-order valence-corrected chi connectivity index (χ1v) is 16.2. The van der Waals surface area contributed by atoms with Crippen LogP contribution in [0.4, 0.5) is 11.6 Å². The van der Waals surface area contributed by atoms with E-state index in [1.165, 1.54) is 0 Å². The van der Waals surface area contributed by atoms with Crippen LogP contribution in [-0.4, -0.2) is 55.2 Å². The lowest BCUT2D eigenvalue weighted by atomic mass is 10.0. The van der Waals surface area contributed by atoms with Crippen molar-refractivity contribution in [3.8, 4) is 45.5 Å². The number of ether oxygens (including phenoxy) is 4. The van der Waals surface area contributed by atoms with Crippen molar-refractivity contribution in [2.24, 2.45) is 0 Å². The van der Waals surface area contributed by atoms with Crippen LogP contribution in [0.2, 0.25) is 0 Å². The van der Waals surface area contributed by atoms with Crippen molar-refractivity contribution in [1.82, 2.24) is 15.0 Å². The summed E-state index contributed by atoms with van der Waals surface area (Å²) in [5.41, 5.74) is 4.54. The fourth-order valence-corrected chi connectivity index (χ4v) is 5.96. The van der Waals surface area contributed by atoms with E-state index >= 15 is 0 Å². The Kier molecular flexibility index (Phi) is 9.31. The topological polar surface area (TPSA) is 134 Å². The number of benzene rings is 4. The SMILES string of the molecule is COc1ccc(-c2cc(C(=O)Nc3cccc(NC(=O)c4cc(-c5ccc(OC)cc5OC)nc5ccccc45)n3)c3ccccc3n2)c(OC)c1. The molecular formula is C41H33N5O6. The van der Waals surface area contributed by atoms with Gasteiger partial charge in [0.15, 0.2) is 0 Å². The number of carbonyl (C=O) groups excluding carboxylic acids is 2. The molecule has 2 amide bonds. The van der Waals surface area contributed by atoms with Crippen molar-refractivity contribution in [1.29, 1.82) is 0 Å². The normalized spacial score (nSPS) is 10.8. The van der Waals surface area contributed by atoms with Crippen LogP contribution in [-0.2, 0) is 0 Å². The minimum atomic E-state index is -0.401. The van der Waals surface area contributed by atoms with Gasteiger partial charge in [-0.15, -0.1) is 0 Å². The number of rotatable bonds is 10. The number of pyridine rings is 3. The van der Waals surface area contributed by atoms with Crippen molar-refractivity contribution in [3.63, 3.8) is 0 Å². The average Bonchev–Trinajstić information content (AvgIpc) is 3.19. The third-order valence-electron chi connectivity index (χ3n) is 8.52. The van der Waals surface area contributed by atoms with Crippen molar-refractivity contribution in [2.45, 2.75) is 0 Å². The highest BCUT2D eigenvalue weighted by Crippen LogP contribution is 2.36. The van der Waals surface area contributed by atoms with Crippen LogP contribution in [0.15, 0.2) is 115 Å². The van der Waals surface area contributed by atoms with Gasteiger partial charge in [-0.25, -0.2) is 15.0 Å². The van der Waals surface area contributed by atoms with Gasteiger partial charge in [0.1, 0.15) is 34.6 Å². The van der Waals surface area contributed by atoms with Gasteiger partial charge in [-0.1, -0.05) is 42.5 Å². The Morgan fingerprint density at radius 2 is 0.923 bits per heavy atom. The summed E-state index contributed by atoms with van der Waals surface area (Å²) in [5, 5.41) is 7.12. The van der Waals surface area contributed by atoms with Crippen LogP contribution < -0.4 is 29.6 Å². The van der Waals surface area contributed by atoms with Gasteiger partial charge in [-0.3, -0.25) is 9.59 Å². The van der Waals surface area contributed by atoms with Gasteiger partial charge >= 0.3 is 0 Å². The molecule has 0 fully saturated rings. The van der Waals surface area contributed by atoms with Crippen LogP contribution in [0.1, 0.15) is 20.7 Å². The van der Waals surface area contributed by atoms with E-state index in [2.05, 4.69) is 15.6 Å². The summed E-state index contributed by atoms with van der Waals surface area (Å²) in [6.45, 7) is 0. The van der Waals surface area contributed by atoms with E-state index in [9.17, 15) is 9.59 Å². The molecule has 11 heteroatoms. The lowest BCUT2D eigenvalue weighted by molar-refractivity contribution is 0.102. The third kappa shape index (κ3) is 6.62. The number of nitrogens with zero attached hydrogens (tertiary/aromatic N) is 3. The lowest BCUT2D eigenvalue weighted by Crippen LogP contribution is -2.17. The van der Waals surface area contributed by atoms with E-state index in [1.807, 2.05) is 72.8 Å². The molecule has 0 saturated carbocycles. The molecule has 0 saturated heterocycles. The second-order valence-corrected chi connectivity index (χ2v) is 11.6. The molecule has 52 heavy (non-hydrogen) atoms. The summed E-state index contributed by atoms with van der Waals surface area (Å²) in [5.74, 6) is 2.06. The van der Waals surface area contributed by atoms with E-state index < -0.39 is 11.8 Å². The Morgan fingerprint density at radius 3 is 1.35 bits per heavy atom. The molecule has 0 unspecified atom stereocenters. The van der Waals surface area contributed by atoms with Gasteiger partial charge in [0.05, 0.1) is 62.0 Å². The zero-order valence-corrected chi connectivity index (χ0v) is 28.8. The number of methoxy groups -OCH3 is 4. The first kappa shape index (κ1) is 33.5. The molecular weight excluding hydrogens is 658 g/mol. The van der Waals surface area contributed by atoms with Crippen LogP contribution >= 0.6 is 0 Å². The maximum absolute atomic E-state index is 13.9. The second kappa shape index (κ2) is 14.5. The molecule has 0 aliphatic heterocycles. The highest BCUT2D eigenvalue weighted by molar-refractivity contribution is 6.14. The van der Waals surface area contributed by atoms with Crippen LogP contribution in [0.3, 0.4) is 0 Å². The zero-order chi connectivity index (χ0) is 36.2. The molecule has 0 atom stereocenters. The Balaban J connectivity index is 1.19. The summed E-state index contributed by atoms with van der Waals surface area (Å²) < 4.78 is 21.9. The predicted octanol–water partition coefficient (Wildman–Crippen LogP) is 8.05. The zero-order valence-electron chi connectivity index (χ0n) is 28.8. The minimum Gasteiger partial charge on any atom is -0.497 e. The number of anilines is 2. The van der Waals surface area contributed by atoms with Crippen LogP contribution in [0.5, 0.6) is 23.0 Å². The molecule has 0 spiro atoms. The standard InChI is InChI=1S/C41H33N5O6/c1-49-24-16-18-28(36(20-24)51-3)34-22-30(26-10-5-7-12-32(26)42-34)40(47)45-38-14-9-15-39(44-38)46-41(48)31-23-35(43-33-13-8-6-11-27(31)33)29-19-17-25(50-2)21-37(29)52-4/h5-23H,1-4H3,(H2,44,45,46,47,48). The Labute approximate surface area is 299 Å². The maximum atomic E-state index is 13.9. The third-order valence-corrected chi connectivity index (χ3v) is 8.52. The summed E-state index contributed by atoms with van der Waals surface area (Å²) >= 11 is 0. The number of amides is 2. The van der Waals surface area contributed by atoms with E-state index in [0.717, 1.165) is 0 Å². The van der Waals surface area contributed by atoms with Gasteiger partial charge in [-0.05, 0) is 60.7 Å². The molecule has 3 heterocycles. The largest absolute Gasteiger partial charge is 0.497 e. The summed E-state index contributed by atoms with van der Waals surface area (Å²) in [6, 6.07) is 34.1. The quantitative estimate of drug-likeness (QED) is 0.146. The summed E-state index contributed by atoms with van der Waals surface area (Å²) in [6.07, 6.45) is 0. The van der Waals surface area contributed by atoms with Crippen molar-refractivity contribution in [3.05, 3.63) is 126 Å². The van der Waals surface area contributed by atoms with Gasteiger partial charge < -0.3 is 29.6 Å². The number of aromatic nitrogens is 3. The minimum absolute atomic E-state index is 0.246. The maximum Gasteiger partial charge on any atom is 0.257 e. The fourth-order valence-electron chi connectivity index (χ4n) is 5.96. The van der Waals surface area contributed by atoms with Gasteiger partial charge in [0.2, 0.25) is 0 Å². The number of hydrogen-bond donors (Lipinski definition) is 2. The number of hydrogen-bond acceptors (Lipinski definition) is 9. The Bertz CT molecular complexity index is 2320. The number of carbonyl (C=O) groups is 2. The average molecular weight is 692 g/mol. The van der Waals surface area contributed by atoms with E-state index in [0.29, 0.717) is 78.4 Å². The van der Waals surface area contributed by atoms with Crippen molar-refractivity contribution >= 4 is 45.3 Å². The smallest absolute Gasteiger partial charge is 0.257 e. The molecule has 0 aliphatic carbocycles. The first-order chi connectivity index (χ1) is 25.4. The molecule has 3 aromatic heterocycles. The predicted molar refractivity (Wildman–Crippen MR) is 201 cm³/mol. The molecule has 11 nitrogen and oxygen atoms in total. The van der Waals surface area contributed by atoms with Gasteiger partial charge in [0, 0.05) is 34.0 Å². The summed E-state index contributed by atoms with van der Waals surface area (Å²) in [7, 11) is 6.30. The number of nitrogens with one attached hydrogen (secondary N) is 2. The monoisotopic (exact) mass is 691 g/mol. The lowest BCUT2D eigenvalue weighted by Gasteiger charge is -2.14. The molecule has 7 rings (SSSR count). The van der Waals surface area contributed by atoms with E-state index in [-0.39, 0.29) is 11.6 Å². The molecule has 4 aromatic carbocycles. The second-order valence-electron chi connectivity index (χ2n) is 11.6.